The second kappa shape index (κ2) is 7.93. The number of hydrogen-bond donors (Lipinski definition) is 2. The molecular formula is C19H14F4N4O3. The van der Waals surface area contributed by atoms with E-state index in [0.29, 0.717) is 10.9 Å². The molecule has 0 spiro atoms. The Morgan fingerprint density at radius 2 is 1.87 bits per heavy atom. The van der Waals surface area contributed by atoms with Crippen LogP contribution in [0, 0.1) is 0 Å². The number of benzene rings is 1. The second-order valence-electron chi connectivity index (χ2n) is 6.21. The molecule has 1 aromatic carbocycles. The summed E-state index contributed by atoms with van der Waals surface area (Å²) in [6, 6.07) is 5.90. The average molecular weight is 422 g/mol. The number of nitrogens with one attached hydrogen (secondary N) is 1. The Hall–Kier alpha value is -3.76. The fourth-order valence-electron chi connectivity index (χ4n) is 2.78. The number of carboxylic acid groups (broad SMARTS) is 1. The molecule has 0 saturated heterocycles. The van der Waals surface area contributed by atoms with Gasteiger partial charge in [0.25, 0.3) is 5.91 Å². The van der Waals surface area contributed by atoms with Crippen molar-refractivity contribution in [1.29, 1.82) is 0 Å². The van der Waals surface area contributed by atoms with Crippen LogP contribution in [-0.2, 0) is 15.8 Å². The van der Waals surface area contributed by atoms with E-state index < -0.39 is 42.0 Å². The standard InChI is InChI=1S/C19H14F4N4O3/c1-10(20)17(28)25-9-14(18(29)30)27-16-13(3-2-8-24-16)15(26-27)11-4-6-12(7-5-11)19(21,22)23/h2-8,14H,1,9H2,(H,25,28)(H,29,30). The van der Waals surface area contributed by atoms with Crippen molar-refractivity contribution in [3.05, 3.63) is 60.6 Å². The smallest absolute Gasteiger partial charge is 0.416 e. The number of carbonyl (C=O) groups is 2. The predicted molar refractivity (Wildman–Crippen MR) is 97.9 cm³/mol. The molecule has 1 atom stereocenters. The van der Waals surface area contributed by atoms with Gasteiger partial charge in [-0.2, -0.15) is 18.3 Å². The first-order valence-corrected chi connectivity index (χ1v) is 8.46. The van der Waals surface area contributed by atoms with Crippen molar-refractivity contribution in [3.8, 4) is 11.3 Å². The highest BCUT2D eigenvalue weighted by molar-refractivity contribution is 5.93. The van der Waals surface area contributed by atoms with Crippen molar-refractivity contribution in [2.24, 2.45) is 0 Å². The maximum Gasteiger partial charge on any atom is 0.416 e. The van der Waals surface area contributed by atoms with Crippen LogP contribution in [0.15, 0.2) is 55.0 Å². The van der Waals surface area contributed by atoms with Crippen molar-refractivity contribution in [1.82, 2.24) is 20.1 Å². The first-order valence-electron chi connectivity index (χ1n) is 8.46. The molecular weight excluding hydrogens is 408 g/mol. The Kier molecular flexibility index (Phi) is 5.54. The quantitative estimate of drug-likeness (QED) is 0.469. The molecule has 1 unspecified atom stereocenters. The van der Waals surface area contributed by atoms with Gasteiger partial charge in [-0.1, -0.05) is 18.7 Å². The summed E-state index contributed by atoms with van der Waals surface area (Å²) in [5, 5.41) is 16.3. The number of halogens is 4. The number of aliphatic carboxylic acids is 1. The van der Waals surface area contributed by atoms with E-state index in [1.165, 1.54) is 18.3 Å². The Labute approximate surface area is 166 Å². The van der Waals surface area contributed by atoms with E-state index in [9.17, 15) is 32.3 Å². The molecule has 0 saturated carbocycles. The number of aromatic nitrogens is 3. The highest BCUT2D eigenvalue weighted by atomic mass is 19.4. The molecule has 0 radical (unpaired) electrons. The van der Waals surface area contributed by atoms with E-state index in [1.807, 2.05) is 0 Å². The van der Waals surface area contributed by atoms with E-state index in [0.717, 1.165) is 16.8 Å². The molecule has 0 fully saturated rings. The highest BCUT2D eigenvalue weighted by Gasteiger charge is 2.31. The lowest BCUT2D eigenvalue weighted by atomic mass is 10.1. The molecule has 1 amide bonds. The molecule has 2 aromatic heterocycles. The molecule has 156 valence electrons. The molecule has 0 bridgehead atoms. The van der Waals surface area contributed by atoms with Crippen molar-refractivity contribution >= 4 is 22.9 Å². The van der Waals surface area contributed by atoms with Crippen LogP contribution < -0.4 is 5.32 Å². The fourth-order valence-corrected chi connectivity index (χ4v) is 2.78. The third-order valence-corrected chi connectivity index (χ3v) is 4.23. The third kappa shape index (κ3) is 4.14. The van der Waals surface area contributed by atoms with E-state index in [4.69, 9.17) is 0 Å². The monoisotopic (exact) mass is 422 g/mol. The summed E-state index contributed by atoms with van der Waals surface area (Å²) in [7, 11) is 0. The minimum Gasteiger partial charge on any atom is -0.480 e. The van der Waals surface area contributed by atoms with Crippen molar-refractivity contribution in [3.63, 3.8) is 0 Å². The largest absolute Gasteiger partial charge is 0.480 e. The van der Waals surface area contributed by atoms with E-state index in [-0.39, 0.29) is 11.3 Å². The van der Waals surface area contributed by atoms with Gasteiger partial charge in [0.05, 0.1) is 12.1 Å². The zero-order chi connectivity index (χ0) is 22.1. The van der Waals surface area contributed by atoms with Crippen molar-refractivity contribution in [2.45, 2.75) is 12.2 Å². The van der Waals surface area contributed by atoms with Crippen LogP contribution in [0.3, 0.4) is 0 Å². The summed E-state index contributed by atoms with van der Waals surface area (Å²) in [6.07, 6.45) is -3.12. The first-order chi connectivity index (χ1) is 14.1. The Balaban J connectivity index is 2.05. The van der Waals surface area contributed by atoms with Gasteiger partial charge in [0.15, 0.2) is 17.5 Å². The third-order valence-electron chi connectivity index (χ3n) is 4.23. The van der Waals surface area contributed by atoms with E-state index in [1.54, 1.807) is 12.1 Å². The van der Waals surface area contributed by atoms with Crippen LogP contribution in [0.4, 0.5) is 17.6 Å². The number of pyridine rings is 1. The van der Waals surface area contributed by atoms with Gasteiger partial charge in [-0.3, -0.25) is 4.79 Å². The van der Waals surface area contributed by atoms with Crippen LogP contribution in [0.1, 0.15) is 11.6 Å². The summed E-state index contributed by atoms with van der Waals surface area (Å²) in [5.41, 5.74) is -0.192. The number of hydrogen-bond acceptors (Lipinski definition) is 4. The van der Waals surface area contributed by atoms with Gasteiger partial charge in [0.1, 0.15) is 5.69 Å². The van der Waals surface area contributed by atoms with Crippen LogP contribution in [0.5, 0.6) is 0 Å². The van der Waals surface area contributed by atoms with Gasteiger partial charge in [-0.05, 0) is 24.3 Å². The van der Waals surface area contributed by atoms with Crippen LogP contribution in [-0.4, -0.2) is 38.3 Å². The molecule has 3 aromatic rings. The number of nitrogens with zero attached hydrogens (tertiary/aromatic N) is 3. The molecule has 0 aliphatic carbocycles. The molecule has 30 heavy (non-hydrogen) atoms. The molecule has 0 aliphatic heterocycles. The van der Waals surface area contributed by atoms with Gasteiger partial charge in [-0.15, -0.1) is 0 Å². The second-order valence-corrected chi connectivity index (χ2v) is 6.21. The molecule has 0 aliphatic rings. The average Bonchev–Trinajstić information content (AvgIpc) is 3.06. The van der Waals surface area contributed by atoms with Crippen molar-refractivity contribution in [2.75, 3.05) is 6.54 Å². The van der Waals surface area contributed by atoms with Crippen LogP contribution in [0.2, 0.25) is 0 Å². The van der Waals surface area contributed by atoms with Crippen LogP contribution >= 0.6 is 0 Å². The fraction of sp³-hybridized carbons (Fsp3) is 0.158. The Morgan fingerprint density at radius 1 is 1.20 bits per heavy atom. The SMILES string of the molecule is C=C(F)C(=O)NCC(C(=O)O)n1nc(-c2ccc(C(F)(F)F)cc2)c2cccnc21. The maximum atomic E-state index is 12.9. The summed E-state index contributed by atoms with van der Waals surface area (Å²) >= 11 is 0. The number of carbonyl (C=O) groups excluding carboxylic acids is 1. The lowest BCUT2D eigenvalue weighted by Gasteiger charge is -2.14. The van der Waals surface area contributed by atoms with E-state index >= 15 is 0 Å². The zero-order valence-electron chi connectivity index (χ0n) is 15.2. The summed E-state index contributed by atoms with van der Waals surface area (Å²) in [5.74, 6) is -3.84. The number of amides is 1. The first kappa shape index (κ1) is 21.0. The Morgan fingerprint density at radius 3 is 2.43 bits per heavy atom. The number of alkyl halides is 3. The number of fused-ring (bicyclic) bond motifs is 1. The molecule has 3 rings (SSSR count). The van der Waals surface area contributed by atoms with Crippen molar-refractivity contribution < 1.29 is 32.3 Å². The van der Waals surface area contributed by atoms with Gasteiger partial charge in [0, 0.05) is 17.1 Å². The van der Waals surface area contributed by atoms with Gasteiger partial charge < -0.3 is 10.4 Å². The highest BCUT2D eigenvalue weighted by Crippen LogP contribution is 2.33. The summed E-state index contributed by atoms with van der Waals surface area (Å²) < 4.78 is 52.3. The van der Waals surface area contributed by atoms with Gasteiger partial charge in [0.2, 0.25) is 0 Å². The zero-order valence-corrected chi connectivity index (χ0v) is 15.2. The van der Waals surface area contributed by atoms with Crippen LogP contribution in [0.25, 0.3) is 22.3 Å². The lowest BCUT2D eigenvalue weighted by molar-refractivity contribution is -0.141. The van der Waals surface area contributed by atoms with E-state index in [2.05, 4.69) is 22.0 Å². The molecule has 2 heterocycles. The minimum absolute atomic E-state index is 0.133. The predicted octanol–water partition coefficient (Wildman–Crippen LogP) is 3.34. The topological polar surface area (TPSA) is 97.1 Å². The molecule has 7 nitrogen and oxygen atoms in total. The minimum atomic E-state index is -4.51. The normalized spacial score (nSPS) is 12.5. The maximum absolute atomic E-state index is 12.9. The van der Waals surface area contributed by atoms with Gasteiger partial charge in [-0.25, -0.2) is 18.9 Å². The molecule has 2 N–H and O–H groups in total. The number of carboxylic acids is 1. The summed E-state index contributed by atoms with van der Waals surface area (Å²) in [6.45, 7) is 2.31. The molecule has 11 heteroatoms. The van der Waals surface area contributed by atoms with Gasteiger partial charge >= 0.3 is 12.1 Å². The lowest BCUT2D eigenvalue weighted by Crippen LogP contribution is -2.35. The summed E-state index contributed by atoms with van der Waals surface area (Å²) in [4.78, 5) is 27.2. The Bertz CT molecular complexity index is 1120. The number of rotatable bonds is 6.